The van der Waals surface area contributed by atoms with E-state index in [0.717, 1.165) is 0 Å². The summed E-state index contributed by atoms with van der Waals surface area (Å²) in [5.41, 5.74) is 0.533. The normalized spacial score (nSPS) is 14.0. The SMILES string of the molecule is CC(O)COc1cc2nccc(Cl)c2cc1S(=O)(=O)C(C)(C)C. The maximum Gasteiger partial charge on any atom is 0.186 e. The first-order chi connectivity index (χ1) is 10.5. The van der Waals surface area contributed by atoms with E-state index in [0.29, 0.717) is 15.9 Å². The maximum atomic E-state index is 12.9. The Morgan fingerprint density at radius 1 is 1.35 bits per heavy atom. The fourth-order valence-electron chi connectivity index (χ4n) is 1.98. The van der Waals surface area contributed by atoms with Crippen LogP contribution < -0.4 is 4.74 Å². The van der Waals surface area contributed by atoms with Gasteiger partial charge in [-0.05, 0) is 39.8 Å². The molecule has 1 atom stereocenters. The number of aromatic nitrogens is 1. The number of aliphatic hydroxyl groups excluding tert-OH is 1. The van der Waals surface area contributed by atoms with Gasteiger partial charge >= 0.3 is 0 Å². The average Bonchev–Trinajstić information content (AvgIpc) is 2.43. The molecule has 1 heterocycles. The summed E-state index contributed by atoms with van der Waals surface area (Å²) in [6, 6.07) is 4.64. The molecule has 2 rings (SSSR count). The monoisotopic (exact) mass is 357 g/mol. The number of nitrogens with zero attached hydrogens (tertiary/aromatic N) is 1. The van der Waals surface area contributed by atoms with Gasteiger partial charge in [-0.15, -0.1) is 0 Å². The standard InChI is InChI=1S/C16H20ClNO4S/c1-10(19)9-22-14-8-13-11(12(17)5-6-18-13)7-15(14)23(20,21)16(2,3)4/h5-8,10,19H,9H2,1-4H3. The molecule has 0 radical (unpaired) electrons. The number of pyridine rings is 1. The molecule has 0 aliphatic heterocycles. The van der Waals surface area contributed by atoms with Crippen LogP contribution in [-0.2, 0) is 9.84 Å². The number of benzene rings is 1. The van der Waals surface area contributed by atoms with Crippen LogP contribution in [0.2, 0.25) is 5.02 Å². The smallest absolute Gasteiger partial charge is 0.186 e. The summed E-state index contributed by atoms with van der Waals surface area (Å²) in [5.74, 6) is 0.170. The number of fused-ring (bicyclic) bond motifs is 1. The van der Waals surface area contributed by atoms with Crippen molar-refractivity contribution in [3.05, 3.63) is 29.4 Å². The van der Waals surface area contributed by atoms with E-state index >= 15 is 0 Å². The zero-order chi connectivity index (χ0) is 17.4. The molecule has 0 aliphatic rings. The fraction of sp³-hybridized carbons (Fsp3) is 0.438. The molecule has 23 heavy (non-hydrogen) atoms. The van der Waals surface area contributed by atoms with Gasteiger partial charge in [0.2, 0.25) is 0 Å². The van der Waals surface area contributed by atoms with E-state index in [9.17, 15) is 13.5 Å². The first-order valence-electron chi connectivity index (χ1n) is 7.18. The molecular weight excluding hydrogens is 338 g/mol. The zero-order valence-electron chi connectivity index (χ0n) is 13.5. The molecule has 1 N–H and O–H groups in total. The summed E-state index contributed by atoms with van der Waals surface area (Å²) in [4.78, 5) is 4.24. The minimum atomic E-state index is -3.66. The summed E-state index contributed by atoms with van der Waals surface area (Å²) < 4.78 is 30.3. The third kappa shape index (κ3) is 3.59. The second kappa shape index (κ2) is 6.26. The molecular formula is C16H20ClNO4S. The highest BCUT2D eigenvalue weighted by molar-refractivity contribution is 7.92. The van der Waals surface area contributed by atoms with E-state index in [1.54, 1.807) is 46.0 Å². The first-order valence-corrected chi connectivity index (χ1v) is 9.04. The van der Waals surface area contributed by atoms with Crippen molar-refractivity contribution in [3.8, 4) is 5.75 Å². The number of aliphatic hydroxyl groups is 1. The van der Waals surface area contributed by atoms with E-state index in [2.05, 4.69) is 4.98 Å². The van der Waals surface area contributed by atoms with Crippen LogP contribution in [0.15, 0.2) is 29.3 Å². The Labute approximate surface area is 141 Å². The quantitative estimate of drug-likeness (QED) is 0.909. The van der Waals surface area contributed by atoms with Gasteiger partial charge in [-0.2, -0.15) is 0 Å². The molecule has 1 unspecified atom stereocenters. The van der Waals surface area contributed by atoms with Crippen LogP contribution in [0.3, 0.4) is 0 Å². The molecule has 1 aromatic carbocycles. The predicted molar refractivity (Wildman–Crippen MR) is 90.9 cm³/mol. The molecule has 0 aliphatic carbocycles. The van der Waals surface area contributed by atoms with Gasteiger partial charge in [-0.3, -0.25) is 4.98 Å². The molecule has 2 aromatic rings. The number of hydrogen-bond donors (Lipinski definition) is 1. The van der Waals surface area contributed by atoms with Crippen molar-refractivity contribution in [1.29, 1.82) is 0 Å². The van der Waals surface area contributed by atoms with Gasteiger partial charge in [0, 0.05) is 17.6 Å². The Morgan fingerprint density at radius 3 is 2.57 bits per heavy atom. The van der Waals surface area contributed by atoms with Gasteiger partial charge in [0.15, 0.2) is 9.84 Å². The van der Waals surface area contributed by atoms with Crippen LogP contribution in [0.5, 0.6) is 5.75 Å². The van der Waals surface area contributed by atoms with Gasteiger partial charge < -0.3 is 9.84 Å². The maximum absolute atomic E-state index is 12.9. The summed E-state index contributed by atoms with van der Waals surface area (Å²) >= 11 is 6.16. The van der Waals surface area contributed by atoms with Gasteiger partial charge in [-0.25, -0.2) is 8.42 Å². The number of sulfone groups is 1. The molecule has 0 saturated carbocycles. The lowest BCUT2D eigenvalue weighted by atomic mass is 10.2. The third-order valence-electron chi connectivity index (χ3n) is 3.33. The molecule has 5 nitrogen and oxygen atoms in total. The lowest BCUT2D eigenvalue weighted by Crippen LogP contribution is -2.28. The number of hydrogen-bond acceptors (Lipinski definition) is 5. The van der Waals surface area contributed by atoms with Crippen LogP contribution in [0.25, 0.3) is 10.9 Å². The average molecular weight is 358 g/mol. The number of rotatable bonds is 4. The molecule has 0 fully saturated rings. The number of halogens is 1. The Kier molecular flexibility index (Phi) is 4.89. The van der Waals surface area contributed by atoms with Crippen LogP contribution in [0.1, 0.15) is 27.7 Å². The van der Waals surface area contributed by atoms with Crippen molar-refractivity contribution in [3.63, 3.8) is 0 Å². The minimum Gasteiger partial charge on any atom is -0.489 e. The molecule has 0 saturated heterocycles. The molecule has 0 amide bonds. The molecule has 1 aromatic heterocycles. The second-order valence-electron chi connectivity index (χ2n) is 6.38. The van der Waals surface area contributed by atoms with Crippen molar-refractivity contribution in [2.75, 3.05) is 6.61 Å². The van der Waals surface area contributed by atoms with Gasteiger partial charge in [0.25, 0.3) is 0 Å². The van der Waals surface area contributed by atoms with Crippen LogP contribution in [0.4, 0.5) is 0 Å². The molecule has 0 bridgehead atoms. The van der Waals surface area contributed by atoms with Crippen molar-refractivity contribution in [2.45, 2.75) is 43.4 Å². The fourth-order valence-corrected chi connectivity index (χ4v) is 3.51. The van der Waals surface area contributed by atoms with Gasteiger partial charge in [0.1, 0.15) is 17.3 Å². The largest absolute Gasteiger partial charge is 0.489 e. The van der Waals surface area contributed by atoms with Crippen LogP contribution in [-0.4, -0.2) is 36.0 Å². The minimum absolute atomic E-state index is 0.0151. The lowest BCUT2D eigenvalue weighted by molar-refractivity contribution is 0.121. The van der Waals surface area contributed by atoms with Crippen molar-refractivity contribution in [1.82, 2.24) is 4.98 Å². The van der Waals surface area contributed by atoms with E-state index in [1.165, 1.54) is 6.07 Å². The summed E-state index contributed by atoms with van der Waals surface area (Å²) in [6.45, 7) is 6.41. The van der Waals surface area contributed by atoms with E-state index in [-0.39, 0.29) is 17.3 Å². The van der Waals surface area contributed by atoms with E-state index in [4.69, 9.17) is 16.3 Å². The Balaban J connectivity index is 2.73. The highest BCUT2D eigenvalue weighted by Gasteiger charge is 2.34. The highest BCUT2D eigenvalue weighted by atomic mass is 35.5. The number of ether oxygens (including phenoxy) is 1. The molecule has 7 heteroatoms. The summed E-state index contributed by atoms with van der Waals surface area (Å²) in [6.07, 6.45) is 0.823. The van der Waals surface area contributed by atoms with Crippen molar-refractivity contribution < 1.29 is 18.3 Å². The predicted octanol–water partition coefficient (Wildman–Crippen LogP) is 3.22. The summed E-state index contributed by atoms with van der Waals surface area (Å²) in [5, 5.41) is 10.4. The van der Waals surface area contributed by atoms with Crippen LogP contribution >= 0.6 is 11.6 Å². The molecule has 126 valence electrons. The highest BCUT2D eigenvalue weighted by Crippen LogP contribution is 2.36. The molecule has 0 spiro atoms. The van der Waals surface area contributed by atoms with E-state index in [1.807, 2.05) is 0 Å². The Bertz CT molecular complexity index is 826. The lowest BCUT2D eigenvalue weighted by Gasteiger charge is -2.22. The topological polar surface area (TPSA) is 76.5 Å². The zero-order valence-corrected chi connectivity index (χ0v) is 15.1. The van der Waals surface area contributed by atoms with Crippen molar-refractivity contribution in [2.24, 2.45) is 0 Å². The van der Waals surface area contributed by atoms with Gasteiger partial charge in [0.05, 0.1) is 21.4 Å². The second-order valence-corrected chi connectivity index (χ2v) is 9.46. The Hall–Kier alpha value is -1.37. The van der Waals surface area contributed by atoms with Crippen molar-refractivity contribution >= 4 is 32.3 Å². The van der Waals surface area contributed by atoms with Crippen LogP contribution in [0, 0.1) is 0 Å². The first kappa shape index (κ1) is 18.0. The summed E-state index contributed by atoms with van der Waals surface area (Å²) in [7, 11) is -3.66. The third-order valence-corrected chi connectivity index (χ3v) is 6.17. The van der Waals surface area contributed by atoms with E-state index < -0.39 is 20.7 Å². The van der Waals surface area contributed by atoms with Gasteiger partial charge in [-0.1, -0.05) is 11.6 Å². The Morgan fingerprint density at radius 2 is 2.00 bits per heavy atom.